The summed E-state index contributed by atoms with van der Waals surface area (Å²) in [6.07, 6.45) is 0.872. The first-order valence-corrected chi connectivity index (χ1v) is 9.37. The first-order valence-electron chi connectivity index (χ1n) is 8.49. The first kappa shape index (κ1) is 18.1. The molecule has 0 atom stereocenters. The van der Waals surface area contributed by atoms with E-state index in [-0.39, 0.29) is 12.0 Å². The molecule has 1 amide bonds. The number of aryl methyl sites for hydroxylation is 1. The Balaban J connectivity index is 1.43. The van der Waals surface area contributed by atoms with Crippen molar-refractivity contribution in [3.63, 3.8) is 0 Å². The molecule has 0 bridgehead atoms. The Hall–Kier alpha value is -2.67. The second-order valence-electron chi connectivity index (χ2n) is 6.08. The van der Waals surface area contributed by atoms with Crippen molar-refractivity contribution in [1.29, 1.82) is 0 Å². The number of amides is 1. The van der Waals surface area contributed by atoms with Gasteiger partial charge in [0.1, 0.15) is 5.75 Å². The van der Waals surface area contributed by atoms with Crippen molar-refractivity contribution >= 4 is 17.2 Å². The summed E-state index contributed by atoms with van der Waals surface area (Å²) < 4.78 is 10.8. The van der Waals surface area contributed by atoms with E-state index in [0.717, 1.165) is 16.2 Å². The van der Waals surface area contributed by atoms with Crippen LogP contribution in [0.4, 0.5) is 0 Å². The zero-order valence-corrected chi connectivity index (χ0v) is 15.6. The highest BCUT2D eigenvalue weighted by atomic mass is 32.1. The third kappa shape index (κ3) is 5.16. The molecule has 0 saturated carbocycles. The molecule has 136 valence electrons. The molecule has 1 N–H and O–H groups in total. The van der Waals surface area contributed by atoms with Gasteiger partial charge in [-0.3, -0.25) is 4.79 Å². The minimum absolute atomic E-state index is 0.0524. The van der Waals surface area contributed by atoms with Crippen LogP contribution in [0.1, 0.15) is 31.7 Å². The number of benzene rings is 1. The van der Waals surface area contributed by atoms with Gasteiger partial charge in [0.2, 0.25) is 17.6 Å². The van der Waals surface area contributed by atoms with Gasteiger partial charge in [0.15, 0.2) is 0 Å². The Morgan fingerprint density at radius 1 is 1.27 bits per heavy atom. The molecule has 2 heterocycles. The van der Waals surface area contributed by atoms with E-state index >= 15 is 0 Å². The summed E-state index contributed by atoms with van der Waals surface area (Å²) in [5.74, 6) is 1.81. The number of rotatable bonds is 8. The van der Waals surface area contributed by atoms with Crippen LogP contribution in [0.25, 0.3) is 10.7 Å². The lowest BCUT2D eigenvalue weighted by molar-refractivity contribution is -0.121. The monoisotopic (exact) mass is 371 g/mol. The minimum atomic E-state index is -0.0524. The highest BCUT2D eigenvalue weighted by Gasteiger charge is 2.11. The second kappa shape index (κ2) is 8.62. The number of nitrogens with zero attached hydrogens (tertiary/aromatic N) is 2. The van der Waals surface area contributed by atoms with Crippen LogP contribution in [0.15, 0.2) is 46.3 Å². The molecule has 0 spiro atoms. The van der Waals surface area contributed by atoms with Gasteiger partial charge in [-0.15, -0.1) is 11.3 Å². The topological polar surface area (TPSA) is 77.2 Å². The van der Waals surface area contributed by atoms with E-state index in [0.29, 0.717) is 31.1 Å². The first-order chi connectivity index (χ1) is 12.6. The molecule has 6 nitrogen and oxygen atoms in total. The van der Waals surface area contributed by atoms with Gasteiger partial charge in [0.25, 0.3) is 0 Å². The van der Waals surface area contributed by atoms with Crippen LogP contribution in [0.3, 0.4) is 0 Å². The zero-order chi connectivity index (χ0) is 18.4. The van der Waals surface area contributed by atoms with Crippen molar-refractivity contribution in [1.82, 2.24) is 15.5 Å². The lowest BCUT2D eigenvalue weighted by Gasteiger charge is -2.10. The number of nitrogens with one attached hydrogen (secondary N) is 1. The van der Waals surface area contributed by atoms with E-state index < -0.39 is 0 Å². The number of hydrogen-bond donors (Lipinski definition) is 1. The van der Waals surface area contributed by atoms with Crippen LogP contribution in [-0.2, 0) is 17.8 Å². The third-order valence-corrected chi connectivity index (χ3v) is 4.43. The molecule has 0 saturated heterocycles. The smallest absolute Gasteiger partial charge is 0.227 e. The molecule has 3 aromatic rings. The van der Waals surface area contributed by atoms with Crippen molar-refractivity contribution in [3.8, 4) is 16.5 Å². The number of ether oxygens (including phenoxy) is 1. The number of carbonyl (C=O) groups is 1. The molecule has 7 heteroatoms. The van der Waals surface area contributed by atoms with E-state index in [1.165, 1.54) is 0 Å². The van der Waals surface area contributed by atoms with E-state index in [4.69, 9.17) is 9.26 Å². The number of hydrogen-bond acceptors (Lipinski definition) is 6. The molecule has 2 aromatic heterocycles. The van der Waals surface area contributed by atoms with Crippen molar-refractivity contribution in [2.45, 2.75) is 39.3 Å². The summed E-state index contributed by atoms with van der Waals surface area (Å²) >= 11 is 1.55. The van der Waals surface area contributed by atoms with Crippen molar-refractivity contribution in [2.75, 3.05) is 0 Å². The van der Waals surface area contributed by atoms with Crippen molar-refractivity contribution in [2.24, 2.45) is 0 Å². The lowest BCUT2D eigenvalue weighted by Crippen LogP contribution is -2.23. The highest BCUT2D eigenvalue weighted by molar-refractivity contribution is 7.13. The number of thiophene rings is 1. The molecule has 0 aliphatic heterocycles. The van der Waals surface area contributed by atoms with Gasteiger partial charge < -0.3 is 14.6 Å². The summed E-state index contributed by atoms with van der Waals surface area (Å²) in [5.41, 5.74) is 1.02. The van der Waals surface area contributed by atoms with Gasteiger partial charge >= 0.3 is 0 Å². The fourth-order valence-corrected chi connectivity index (χ4v) is 2.98. The molecule has 26 heavy (non-hydrogen) atoms. The Kier molecular flexibility index (Phi) is 6.01. The maximum absolute atomic E-state index is 12.0. The maximum Gasteiger partial charge on any atom is 0.227 e. The predicted octanol–water partition coefficient (Wildman–Crippen LogP) is 3.83. The van der Waals surface area contributed by atoms with Gasteiger partial charge in [0.05, 0.1) is 11.0 Å². The normalized spacial score (nSPS) is 10.9. The van der Waals surface area contributed by atoms with Crippen LogP contribution in [0, 0.1) is 0 Å². The van der Waals surface area contributed by atoms with E-state index in [2.05, 4.69) is 15.5 Å². The Morgan fingerprint density at radius 3 is 2.77 bits per heavy atom. The quantitative estimate of drug-likeness (QED) is 0.651. The van der Waals surface area contributed by atoms with Gasteiger partial charge in [0, 0.05) is 19.4 Å². The largest absolute Gasteiger partial charge is 0.491 e. The van der Waals surface area contributed by atoms with Crippen LogP contribution in [0.2, 0.25) is 0 Å². The van der Waals surface area contributed by atoms with Crippen molar-refractivity contribution in [3.05, 3.63) is 53.2 Å². The third-order valence-electron chi connectivity index (χ3n) is 3.56. The van der Waals surface area contributed by atoms with E-state index in [1.807, 2.05) is 55.6 Å². The maximum atomic E-state index is 12.0. The number of carbonyl (C=O) groups excluding carboxylic acids is 1. The molecular formula is C19H21N3O3S. The van der Waals surface area contributed by atoms with Crippen LogP contribution in [0.5, 0.6) is 5.75 Å². The molecular weight excluding hydrogens is 350 g/mol. The van der Waals surface area contributed by atoms with E-state index in [9.17, 15) is 4.79 Å². The molecule has 0 radical (unpaired) electrons. The molecule has 3 rings (SSSR count). The van der Waals surface area contributed by atoms with Gasteiger partial charge in [-0.1, -0.05) is 23.4 Å². The van der Waals surface area contributed by atoms with Gasteiger partial charge in [-0.05, 0) is 43.0 Å². The summed E-state index contributed by atoms with van der Waals surface area (Å²) in [7, 11) is 0. The highest BCUT2D eigenvalue weighted by Crippen LogP contribution is 2.21. The summed E-state index contributed by atoms with van der Waals surface area (Å²) in [4.78, 5) is 17.3. The molecule has 0 aliphatic carbocycles. The molecule has 0 unspecified atom stereocenters. The Labute approximate surface area is 156 Å². The summed E-state index contributed by atoms with van der Waals surface area (Å²) in [6.45, 7) is 4.45. The molecule has 0 fully saturated rings. The van der Waals surface area contributed by atoms with Crippen molar-refractivity contribution < 1.29 is 14.1 Å². The van der Waals surface area contributed by atoms with E-state index in [1.54, 1.807) is 11.3 Å². The molecule has 1 aromatic carbocycles. The fraction of sp³-hybridized carbons (Fsp3) is 0.316. The van der Waals surface area contributed by atoms with Crippen LogP contribution < -0.4 is 10.1 Å². The van der Waals surface area contributed by atoms with Crippen LogP contribution in [-0.4, -0.2) is 22.2 Å². The SMILES string of the molecule is CC(C)Oc1ccc(CNC(=O)CCc2nc(-c3cccs3)no2)cc1. The zero-order valence-electron chi connectivity index (χ0n) is 14.8. The minimum Gasteiger partial charge on any atom is -0.491 e. The standard InChI is InChI=1S/C19H21N3O3S/c1-13(2)24-15-7-5-14(6-8-15)12-20-17(23)9-10-18-21-19(22-25-18)16-4-3-11-26-16/h3-8,11,13H,9-10,12H2,1-2H3,(H,20,23). The lowest BCUT2D eigenvalue weighted by atomic mass is 10.2. The van der Waals surface area contributed by atoms with Gasteiger partial charge in [-0.2, -0.15) is 4.98 Å². The number of aromatic nitrogens is 2. The fourth-order valence-electron chi connectivity index (χ4n) is 2.33. The molecule has 0 aliphatic rings. The van der Waals surface area contributed by atoms with Crippen LogP contribution >= 0.6 is 11.3 Å². The Bertz CT molecular complexity index is 826. The second-order valence-corrected chi connectivity index (χ2v) is 7.02. The summed E-state index contributed by atoms with van der Waals surface area (Å²) in [6, 6.07) is 11.6. The predicted molar refractivity (Wildman–Crippen MR) is 100.0 cm³/mol. The van der Waals surface area contributed by atoms with Gasteiger partial charge in [-0.25, -0.2) is 0 Å². The Morgan fingerprint density at radius 2 is 2.08 bits per heavy atom. The average Bonchev–Trinajstić information content (AvgIpc) is 3.30. The summed E-state index contributed by atoms with van der Waals surface area (Å²) in [5, 5.41) is 8.79. The average molecular weight is 371 g/mol.